The molecule has 0 aliphatic heterocycles. The van der Waals surface area contributed by atoms with Crippen LogP contribution in [-0.4, -0.2) is 39.2 Å². The lowest BCUT2D eigenvalue weighted by atomic mass is 9.89. The summed E-state index contributed by atoms with van der Waals surface area (Å²) in [5.41, 5.74) is 1.62. The number of hydrogen-bond acceptors (Lipinski definition) is 3. The van der Waals surface area contributed by atoms with E-state index in [2.05, 4.69) is 23.9 Å². The zero-order chi connectivity index (χ0) is 17.8. The van der Waals surface area contributed by atoms with Crippen molar-refractivity contribution in [2.24, 2.45) is 5.92 Å². The zero-order valence-electron chi connectivity index (χ0n) is 15.5. The number of pyridine rings is 1. The lowest BCUT2D eigenvalue weighted by Gasteiger charge is -2.27. The molecule has 1 amide bonds. The van der Waals surface area contributed by atoms with E-state index in [4.69, 9.17) is 0 Å². The van der Waals surface area contributed by atoms with Gasteiger partial charge < -0.3 is 4.90 Å². The molecule has 1 saturated carbocycles. The number of hydrogen-bond donors (Lipinski definition) is 0. The molecule has 0 radical (unpaired) electrons. The maximum absolute atomic E-state index is 13.0. The van der Waals surface area contributed by atoms with Crippen LogP contribution in [0.2, 0.25) is 0 Å². The first-order valence-electron chi connectivity index (χ1n) is 9.32. The first-order chi connectivity index (χ1) is 12.1. The van der Waals surface area contributed by atoms with Gasteiger partial charge in [-0.1, -0.05) is 39.2 Å². The molecule has 2 aromatic rings. The largest absolute Gasteiger partial charge is 0.341 e. The second-order valence-electron chi connectivity index (χ2n) is 7.39. The highest BCUT2D eigenvalue weighted by atomic mass is 16.2. The Morgan fingerprint density at radius 1 is 1.28 bits per heavy atom. The van der Waals surface area contributed by atoms with Gasteiger partial charge >= 0.3 is 0 Å². The maximum atomic E-state index is 13.0. The molecule has 2 heterocycles. The van der Waals surface area contributed by atoms with Gasteiger partial charge in [-0.2, -0.15) is 5.10 Å². The topological polar surface area (TPSA) is 51.0 Å². The van der Waals surface area contributed by atoms with E-state index < -0.39 is 0 Å². The molecule has 3 rings (SSSR count). The molecular weight excluding hydrogens is 312 g/mol. The minimum atomic E-state index is 0.0662. The first kappa shape index (κ1) is 17.6. The molecule has 25 heavy (non-hydrogen) atoms. The fourth-order valence-electron chi connectivity index (χ4n) is 3.79. The number of carbonyl (C=O) groups excluding carboxylic acids is 1. The molecule has 2 aromatic heterocycles. The Balaban J connectivity index is 1.83. The van der Waals surface area contributed by atoms with E-state index in [-0.39, 0.29) is 11.8 Å². The molecule has 0 N–H and O–H groups in total. The molecule has 0 atom stereocenters. The van der Waals surface area contributed by atoms with Gasteiger partial charge in [0.15, 0.2) is 5.82 Å². The van der Waals surface area contributed by atoms with Crippen LogP contribution in [0.25, 0.3) is 5.82 Å². The second-order valence-corrected chi connectivity index (χ2v) is 7.39. The molecule has 0 saturated heterocycles. The standard InChI is InChI=1S/C20H28N4O/c1-15(2)19-17(13-22-24(19)18-11-7-8-12-21-18)20(25)23(3)14-16-9-5-4-6-10-16/h7-8,11-13,15-16H,4-6,9-10,14H2,1-3H3. The van der Waals surface area contributed by atoms with Crippen LogP contribution in [0.3, 0.4) is 0 Å². The van der Waals surface area contributed by atoms with E-state index in [0.717, 1.165) is 18.1 Å². The van der Waals surface area contributed by atoms with Gasteiger partial charge in [0.25, 0.3) is 5.91 Å². The molecule has 5 heteroatoms. The van der Waals surface area contributed by atoms with E-state index in [9.17, 15) is 4.79 Å². The number of amides is 1. The van der Waals surface area contributed by atoms with Crippen LogP contribution in [0.15, 0.2) is 30.6 Å². The van der Waals surface area contributed by atoms with Crippen LogP contribution in [0.5, 0.6) is 0 Å². The summed E-state index contributed by atoms with van der Waals surface area (Å²) in [7, 11) is 1.92. The highest BCUT2D eigenvalue weighted by molar-refractivity contribution is 5.95. The SMILES string of the molecule is CC(C)c1c(C(=O)N(C)CC2CCCCC2)cnn1-c1ccccn1. The predicted octanol–water partition coefficient (Wildman–Crippen LogP) is 4.04. The highest BCUT2D eigenvalue weighted by Crippen LogP contribution is 2.26. The Labute approximate surface area is 150 Å². The maximum Gasteiger partial charge on any atom is 0.257 e. The minimum absolute atomic E-state index is 0.0662. The van der Waals surface area contributed by atoms with Crippen LogP contribution < -0.4 is 0 Å². The van der Waals surface area contributed by atoms with Crippen molar-refractivity contribution < 1.29 is 4.79 Å². The summed E-state index contributed by atoms with van der Waals surface area (Å²) >= 11 is 0. The average Bonchev–Trinajstić information content (AvgIpc) is 3.08. The van der Waals surface area contributed by atoms with E-state index in [1.54, 1.807) is 17.1 Å². The Kier molecular flexibility index (Phi) is 5.51. The van der Waals surface area contributed by atoms with E-state index in [1.807, 2.05) is 30.1 Å². The number of nitrogens with zero attached hydrogens (tertiary/aromatic N) is 4. The first-order valence-corrected chi connectivity index (χ1v) is 9.32. The van der Waals surface area contributed by atoms with E-state index >= 15 is 0 Å². The molecule has 5 nitrogen and oxygen atoms in total. The summed E-state index contributed by atoms with van der Waals surface area (Å²) in [6, 6.07) is 5.73. The molecule has 1 fully saturated rings. The summed E-state index contributed by atoms with van der Waals surface area (Å²) in [4.78, 5) is 19.3. The van der Waals surface area contributed by atoms with E-state index in [1.165, 1.54) is 32.1 Å². The molecule has 1 aliphatic carbocycles. The predicted molar refractivity (Wildman–Crippen MR) is 99.0 cm³/mol. The van der Waals surface area contributed by atoms with Crippen LogP contribution in [0, 0.1) is 5.92 Å². The molecule has 1 aliphatic rings. The van der Waals surface area contributed by atoms with Gasteiger partial charge in [-0.15, -0.1) is 0 Å². The smallest absolute Gasteiger partial charge is 0.257 e. The van der Waals surface area contributed by atoms with Crippen LogP contribution in [0.4, 0.5) is 0 Å². The molecule has 0 aromatic carbocycles. The summed E-state index contributed by atoms with van der Waals surface area (Å²) in [6.07, 6.45) is 9.84. The fourth-order valence-corrected chi connectivity index (χ4v) is 3.79. The normalized spacial score (nSPS) is 15.5. The van der Waals surface area contributed by atoms with Crippen molar-refractivity contribution in [3.8, 4) is 5.82 Å². The van der Waals surface area contributed by atoms with E-state index in [0.29, 0.717) is 11.5 Å². The Hall–Kier alpha value is -2.17. The number of carbonyl (C=O) groups is 1. The molecule has 0 bridgehead atoms. The summed E-state index contributed by atoms with van der Waals surface area (Å²) < 4.78 is 1.80. The van der Waals surface area contributed by atoms with Crippen molar-refractivity contribution >= 4 is 5.91 Å². The minimum Gasteiger partial charge on any atom is -0.341 e. The Bertz CT molecular complexity index is 702. The lowest BCUT2D eigenvalue weighted by Crippen LogP contribution is -2.33. The Morgan fingerprint density at radius 3 is 2.68 bits per heavy atom. The monoisotopic (exact) mass is 340 g/mol. The van der Waals surface area contributed by atoms with Crippen molar-refractivity contribution in [1.82, 2.24) is 19.7 Å². The van der Waals surface area contributed by atoms with Gasteiger partial charge in [0.1, 0.15) is 0 Å². The lowest BCUT2D eigenvalue weighted by molar-refractivity contribution is 0.0759. The molecule has 134 valence electrons. The fraction of sp³-hybridized carbons (Fsp3) is 0.550. The molecular formula is C20H28N4O. The van der Waals surface area contributed by atoms with Gasteiger partial charge in [-0.3, -0.25) is 4.79 Å². The van der Waals surface area contributed by atoms with Crippen molar-refractivity contribution in [2.45, 2.75) is 51.9 Å². The zero-order valence-corrected chi connectivity index (χ0v) is 15.5. The van der Waals surface area contributed by atoms with Crippen LogP contribution in [-0.2, 0) is 0 Å². The quantitative estimate of drug-likeness (QED) is 0.825. The summed E-state index contributed by atoms with van der Waals surface area (Å²) in [6.45, 7) is 5.02. The van der Waals surface area contributed by atoms with Gasteiger partial charge in [0.05, 0.1) is 17.5 Å². The highest BCUT2D eigenvalue weighted by Gasteiger charge is 2.25. The van der Waals surface area contributed by atoms with Crippen molar-refractivity contribution in [3.63, 3.8) is 0 Å². The Morgan fingerprint density at radius 2 is 2.04 bits per heavy atom. The van der Waals surface area contributed by atoms with Crippen molar-refractivity contribution in [3.05, 3.63) is 41.9 Å². The van der Waals surface area contributed by atoms with Crippen LogP contribution in [0.1, 0.15) is 67.9 Å². The summed E-state index contributed by atoms with van der Waals surface area (Å²) in [5, 5.41) is 4.46. The van der Waals surface area contributed by atoms with Crippen molar-refractivity contribution in [1.29, 1.82) is 0 Å². The molecule has 0 spiro atoms. The number of aromatic nitrogens is 3. The third kappa shape index (κ3) is 3.91. The summed E-state index contributed by atoms with van der Waals surface area (Å²) in [5.74, 6) is 1.64. The third-order valence-electron chi connectivity index (χ3n) is 5.05. The van der Waals surface area contributed by atoms with Gasteiger partial charge in [-0.25, -0.2) is 9.67 Å². The molecule has 0 unspecified atom stereocenters. The average molecular weight is 340 g/mol. The third-order valence-corrected chi connectivity index (χ3v) is 5.05. The van der Waals surface area contributed by atoms with Crippen LogP contribution >= 0.6 is 0 Å². The van der Waals surface area contributed by atoms with Gasteiger partial charge in [0, 0.05) is 19.8 Å². The van der Waals surface area contributed by atoms with Gasteiger partial charge in [0.2, 0.25) is 0 Å². The van der Waals surface area contributed by atoms with Gasteiger partial charge in [-0.05, 0) is 36.8 Å². The second kappa shape index (κ2) is 7.81. The van der Waals surface area contributed by atoms with Crippen molar-refractivity contribution in [2.75, 3.05) is 13.6 Å². The number of rotatable bonds is 5.